The Bertz CT molecular complexity index is 1530. The molecule has 0 radical (unpaired) electrons. The van der Waals surface area contributed by atoms with Gasteiger partial charge in [0.25, 0.3) is 5.91 Å². The Morgan fingerprint density at radius 3 is 2.41 bits per heavy atom. The number of anilines is 2. The predicted molar refractivity (Wildman–Crippen MR) is 141 cm³/mol. The number of carbonyl (C=O) groups is 1. The maximum Gasteiger partial charge on any atom is 0.416 e. The van der Waals surface area contributed by atoms with Crippen molar-refractivity contribution in [2.75, 3.05) is 23.3 Å². The molecule has 0 atom stereocenters. The molecule has 4 heterocycles. The van der Waals surface area contributed by atoms with Gasteiger partial charge in [0.05, 0.1) is 34.9 Å². The summed E-state index contributed by atoms with van der Waals surface area (Å²) in [7, 11) is 1.83. The van der Waals surface area contributed by atoms with Gasteiger partial charge in [-0.1, -0.05) is 5.21 Å². The second kappa shape index (κ2) is 10.2. The number of aromatic nitrogens is 6. The van der Waals surface area contributed by atoms with Crippen molar-refractivity contribution in [2.24, 2.45) is 7.05 Å². The third-order valence-corrected chi connectivity index (χ3v) is 7.23. The monoisotopic (exact) mass is 538 g/mol. The van der Waals surface area contributed by atoms with E-state index in [1.165, 1.54) is 16.9 Å². The maximum atomic E-state index is 13.8. The molecule has 0 saturated carbocycles. The zero-order chi connectivity index (χ0) is 27.9. The highest BCUT2D eigenvalue weighted by atomic mass is 19.4. The number of nitrogens with zero attached hydrogens (tertiary/aromatic N) is 7. The minimum absolute atomic E-state index is 0.118. The summed E-state index contributed by atoms with van der Waals surface area (Å²) in [5, 5.41) is 15.4. The molecule has 1 aliphatic rings. The quantitative estimate of drug-likeness (QED) is 0.373. The Morgan fingerprint density at radius 2 is 1.74 bits per heavy atom. The lowest BCUT2D eigenvalue weighted by Gasteiger charge is -2.31. The minimum Gasteiger partial charge on any atom is -0.371 e. The van der Waals surface area contributed by atoms with Crippen LogP contribution in [0, 0.1) is 20.8 Å². The number of hydrogen-bond acceptors (Lipinski definition) is 6. The van der Waals surface area contributed by atoms with Gasteiger partial charge in [0.2, 0.25) is 0 Å². The molecule has 1 aromatic carbocycles. The van der Waals surface area contributed by atoms with Crippen molar-refractivity contribution >= 4 is 17.3 Å². The molecule has 1 saturated heterocycles. The lowest BCUT2D eigenvalue weighted by atomic mass is 10.0. The average molecular weight is 539 g/mol. The largest absolute Gasteiger partial charge is 0.416 e. The number of pyridine rings is 1. The van der Waals surface area contributed by atoms with Crippen LogP contribution in [-0.4, -0.2) is 48.8 Å². The van der Waals surface area contributed by atoms with Gasteiger partial charge in [-0.05, 0) is 63.8 Å². The molecular formula is C27H29F3N8O. The maximum absolute atomic E-state index is 13.8. The predicted octanol–water partition coefficient (Wildman–Crippen LogP) is 5.25. The molecule has 12 heteroatoms. The number of rotatable bonds is 5. The number of nitrogens with one attached hydrogen (secondary N) is 1. The molecular weight excluding hydrogens is 509 g/mol. The number of aryl methyl sites for hydroxylation is 2. The summed E-state index contributed by atoms with van der Waals surface area (Å²) in [6.45, 7) is 6.79. The molecule has 9 nitrogen and oxygen atoms in total. The number of benzene rings is 1. The van der Waals surface area contributed by atoms with Crippen molar-refractivity contribution in [3.05, 3.63) is 64.9 Å². The van der Waals surface area contributed by atoms with E-state index in [9.17, 15) is 18.0 Å². The molecule has 4 aromatic rings. The van der Waals surface area contributed by atoms with Gasteiger partial charge >= 0.3 is 6.18 Å². The number of amides is 1. The molecule has 0 bridgehead atoms. The number of halogens is 3. The fraction of sp³-hybridized carbons (Fsp3) is 0.370. The molecule has 1 N–H and O–H groups in total. The second-order valence-corrected chi connectivity index (χ2v) is 9.81. The van der Waals surface area contributed by atoms with Crippen molar-refractivity contribution in [3.63, 3.8) is 0 Å². The molecule has 1 amide bonds. The first-order chi connectivity index (χ1) is 18.5. The first-order valence-corrected chi connectivity index (χ1v) is 12.7. The van der Waals surface area contributed by atoms with Crippen molar-refractivity contribution in [3.8, 4) is 16.9 Å². The lowest BCUT2D eigenvalue weighted by Crippen LogP contribution is -2.30. The third kappa shape index (κ3) is 5.23. The number of carbonyl (C=O) groups excluding carboxylic acids is 1. The average Bonchev–Trinajstić information content (AvgIpc) is 3.52. The van der Waals surface area contributed by atoms with Gasteiger partial charge in [-0.25, -0.2) is 4.68 Å². The molecule has 0 spiro atoms. The zero-order valence-electron chi connectivity index (χ0n) is 22.2. The molecule has 3 aromatic heterocycles. The van der Waals surface area contributed by atoms with Gasteiger partial charge in [-0.3, -0.25) is 14.5 Å². The second-order valence-electron chi connectivity index (χ2n) is 9.81. The molecule has 1 fully saturated rings. The van der Waals surface area contributed by atoms with Crippen LogP contribution in [-0.2, 0) is 13.2 Å². The van der Waals surface area contributed by atoms with Gasteiger partial charge in [-0.2, -0.15) is 18.3 Å². The van der Waals surface area contributed by atoms with Crippen LogP contribution in [0.2, 0.25) is 0 Å². The Morgan fingerprint density at radius 1 is 1.00 bits per heavy atom. The molecule has 0 unspecified atom stereocenters. The van der Waals surface area contributed by atoms with E-state index >= 15 is 0 Å². The Kier molecular flexibility index (Phi) is 6.87. The number of hydrogen-bond donors (Lipinski definition) is 1. The standard InChI is InChI=1S/C27H29F3N8O/c1-16-22(11-20(27(28,29)30)12-24(16)37-8-6-5-7-9-37)33-26(39)19-10-25(17(2)31-13-19)38-15-23(34-35-38)21-14-32-36(4)18(21)3/h10-15H,5-9H2,1-4H3,(H,33,39). The molecule has 39 heavy (non-hydrogen) atoms. The van der Waals surface area contributed by atoms with Crippen LogP contribution in [0.1, 0.15) is 52.1 Å². The first-order valence-electron chi connectivity index (χ1n) is 12.7. The highest BCUT2D eigenvalue weighted by molar-refractivity contribution is 6.05. The lowest BCUT2D eigenvalue weighted by molar-refractivity contribution is -0.137. The first kappa shape index (κ1) is 26.4. The number of alkyl halides is 3. The van der Waals surface area contributed by atoms with Crippen molar-refractivity contribution < 1.29 is 18.0 Å². The fourth-order valence-electron chi connectivity index (χ4n) is 4.78. The summed E-state index contributed by atoms with van der Waals surface area (Å²) in [5.41, 5.74) is 4.07. The normalized spacial score (nSPS) is 14.1. The van der Waals surface area contributed by atoms with Crippen LogP contribution < -0.4 is 10.2 Å². The van der Waals surface area contributed by atoms with Crippen molar-refractivity contribution in [2.45, 2.75) is 46.2 Å². The van der Waals surface area contributed by atoms with E-state index in [1.54, 1.807) is 37.0 Å². The van der Waals surface area contributed by atoms with Crippen LogP contribution in [0.3, 0.4) is 0 Å². The van der Waals surface area contributed by atoms with Crippen LogP contribution in [0.4, 0.5) is 24.5 Å². The summed E-state index contributed by atoms with van der Waals surface area (Å²) in [4.78, 5) is 19.6. The highest BCUT2D eigenvalue weighted by Gasteiger charge is 2.33. The number of piperidine rings is 1. The SMILES string of the molecule is Cc1ncc(C(=O)Nc2cc(C(F)(F)F)cc(N3CCCCC3)c2C)cc1-n1cc(-c2cnn(C)c2C)nn1. The van der Waals surface area contributed by atoms with Crippen molar-refractivity contribution in [1.29, 1.82) is 0 Å². The zero-order valence-corrected chi connectivity index (χ0v) is 22.2. The summed E-state index contributed by atoms with van der Waals surface area (Å²) < 4.78 is 44.6. The summed E-state index contributed by atoms with van der Waals surface area (Å²) in [6, 6.07) is 3.76. The third-order valence-electron chi connectivity index (χ3n) is 7.23. The van der Waals surface area contributed by atoms with Gasteiger partial charge in [0.15, 0.2) is 0 Å². The smallest absolute Gasteiger partial charge is 0.371 e. The van der Waals surface area contributed by atoms with Crippen LogP contribution in [0.25, 0.3) is 16.9 Å². The van der Waals surface area contributed by atoms with E-state index in [0.29, 0.717) is 41.4 Å². The van der Waals surface area contributed by atoms with E-state index in [0.717, 1.165) is 36.6 Å². The molecule has 5 rings (SSSR count). The van der Waals surface area contributed by atoms with Gasteiger partial charge in [-0.15, -0.1) is 5.10 Å². The molecule has 204 valence electrons. The summed E-state index contributed by atoms with van der Waals surface area (Å²) >= 11 is 0. The Labute approximate surface area is 223 Å². The van der Waals surface area contributed by atoms with Crippen molar-refractivity contribution in [1.82, 2.24) is 29.8 Å². The van der Waals surface area contributed by atoms with Crippen LogP contribution in [0.5, 0.6) is 0 Å². The van der Waals surface area contributed by atoms with E-state index in [2.05, 4.69) is 25.7 Å². The highest BCUT2D eigenvalue weighted by Crippen LogP contribution is 2.38. The van der Waals surface area contributed by atoms with E-state index < -0.39 is 17.6 Å². The van der Waals surface area contributed by atoms with Gasteiger partial charge < -0.3 is 10.2 Å². The molecule has 0 aliphatic carbocycles. The van der Waals surface area contributed by atoms with Gasteiger partial charge in [0, 0.05) is 49.0 Å². The van der Waals surface area contributed by atoms with E-state index in [1.807, 2.05) is 18.9 Å². The topological polar surface area (TPSA) is 93.8 Å². The molecule has 1 aliphatic heterocycles. The van der Waals surface area contributed by atoms with Crippen LogP contribution in [0.15, 0.2) is 36.8 Å². The van der Waals surface area contributed by atoms with E-state index in [4.69, 9.17) is 0 Å². The fourth-order valence-corrected chi connectivity index (χ4v) is 4.78. The van der Waals surface area contributed by atoms with E-state index in [-0.39, 0.29) is 11.3 Å². The Hall–Kier alpha value is -4.22. The van der Waals surface area contributed by atoms with Gasteiger partial charge in [0.1, 0.15) is 5.69 Å². The summed E-state index contributed by atoms with van der Waals surface area (Å²) in [6.07, 6.45) is 3.15. The Balaban J connectivity index is 1.46. The van der Waals surface area contributed by atoms with Crippen LogP contribution >= 0.6 is 0 Å². The minimum atomic E-state index is -4.55. The summed E-state index contributed by atoms with van der Waals surface area (Å²) in [5.74, 6) is -0.570.